The van der Waals surface area contributed by atoms with Crippen LogP contribution in [0.15, 0.2) is 48.0 Å². The van der Waals surface area contributed by atoms with Crippen molar-refractivity contribution in [2.45, 2.75) is 6.42 Å². The fraction of sp³-hybridized carbons (Fsp3) is 0.300. The molecule has 0 N–H and O–H groups in total. The Morgan fingerprint density at radius 3 is 2.46 bits per heavy atom. The fourth-order valence-corrected chi connectivity index (χ4v) is 4.25. The molecule has 2 amide bonds. The number of hydrogen-bond acceptors (Lipinski definition) is 3. The molecule has 134 valence electrons. The third-order valence-corrected chi connectivity index (χ3v) is 5.83. The topological polar surface area (TPSA) is 45.6 Å². The minimum atomic E-state index is 0.0705. The van der Waals surface area contributed by atoms with Crippen LogP contribution in [0.3, 0.4) is 0 Å². The van der Waals surface area contributed by atoms with Crippen LogP contribution in [0.5, 0.6) is 0 Å². The Labute approximate surface area is 156 Å². The summed E-state index contributed by atoms with van der Waals surface area (Å²) in [6.07, 6.45) is 2.44. The monoisotopic (exact) mass is 367 g/mol. The number of hydrogen-bond donors (Lipinski definition) is 0. The number of aryl methyl sites for hydroxylation is 1. The third-order valence-electron chi connectivity index (χ3n) is 4.97. The largest absolute Gasteiger partial charge is 0.350 e. The molecule has 26 heavy (non-hydrogen) atoms. The second kappa shape index (κ2) is 6.96. The number of rotatable bonds is 3. The molecule has 1 aliphatic rings. The zero-order valence-electron chi connectivity index (χ0n) is 14.7. The van der Waals surface area contributed by atoms with E-state index in [0.29, 0.717) is 32.6 Å². The van der Waals surface area contributed by atoms with Crippen molar-refractivity contribution < 1.29 is 9.59 Å². The summed E-state index contributed by atoms with van der Waals surface area (Å²) in [5.74, 6) is 0.200. The van der Waals surface area contributed by atoms with Gasteiger partial charge in [-0.05, 0) is 23.1 Å². The number of thiophene rings is 1. The van der Waals surface area contributed by atoms with E-state index >= 15 is 0 Å². The maximum atomic E-state index is 12.7. The Balaban J connectivity index is 1.40. The van der Waals surface area contributed by atoms with E-state index in [1.807, 2.05) is 52.7 Å². The van der Waals surface area contributed by atoms with Crippen molar-refractivity contribution in [2.75, 3.05) is 26.2 Å². The first kappa shape index (κ1) is 16.8. The highest BCUT2D eigenvalue weighted by atomic mass is 32.1. The van der Waals surface area contributed by atoms with Crippen molar-refractivity contribution in [2.24, 2.45) is 7.05 Å². The van der Waals surface area contributed by atoms with Gasteiger partial charge in [0.05, 0.1) is 11.3 Å². The van der Waals surface area contributed by atoms with E-state index in [4.69, 9.17) is 0 Å². The van der Waals surface area contributed by atoms with E-state index in [1.54, 1.807) is 0 Å². The van der Waals surface area contributed by atoms with Gasteiger partial charge in [-0.3, -0.25) is 9.59 Å². The lowest BCUT2D eigenvalue weighted by Crippen LogP contribution is -2.50. The molecule has 2 aromatic heterocycles. The zero-order valence-corrected chi connectivity index (χ0v) is 15.5. The smallest absolute Gasteiger partial charge is 0.264 e. The van der Waals surface area contributed by atoms with Crippen LogP contribution in [-0.4, -0.2) is 52.4 Å². The number of benzene rings is 1. The summed E-state index contributed by atoms with van der Waals surface area (Å²) < 4.78 is 2.07. The fourth-order valence-electron chi connectivity index (χ4n) is 3.56. The van der Waals surface area contributed by atoms with Gasteiger partial charge < -0.3 is 14.4 Å². The maximum absolute atomic E-state index is 12.7. The lowest BCUT2D eigenvalue weighted by molar-refractivity contribution is -0.131. The highest BCUT2D eigenvalue weighted by Gasteiger charge is 2.25. The maximum Gasteiger partial charge on any atom is 0.264 e. The molecule has 0 radical (unpaired) electrons. The number of nitrogens with zero attached hydrogens (tertiary/aromatic N) is 3. The molecule has 6 heteroatoms. The second-order valence-electron chi connectivity index (χ2n) is 6.61. The van der Waals surface area contributed by atoms with Gasteiger partial charge >= 0.3 is 0 Å². The van der Waals surface area contributed by atoms with Crippen LogP contribution in [0.1, 0.15) is 15.2 Å². The van der Waals surface area contributed by atoms with Crippen LogP contribution < -0.4 is 0 Å². The number of carbonyl (C=O) groups excluding carboxylic acids is 2. The molecule has 1 saturated heterocycles. The number of piperazine rings is 1. The lowest BCUT2D eigenvalue weighted by atomic mass is 10.1. The van der Waals surface area contributed by atoms with Gasteiger partial charge in [0.15, 0.2) is 0 Å². The number of fused-ring (bicyclic) bond motifs is 1. The summed E-state index contributed by atoms with van der Waals surface area (Å²) in [4.78, 5) is 29.6. The molecule has 0 saturated carbocycles. The first-order valence-electron chi connectivity index (χ1n) is 8.77. The minimum absolute atomic E-state index is 0.0705. The van der Waals surface area contributed by atoms with Gasteiger partial charge in [-0.25, -0.2) is 0 Å². The third kappa shape index (κ3) is 3.12. The summed E-state index contributed by atoms with van der Waals surface area (Å²) in [5, 5.41) is 3.05. The van der Waals surface area contributed by atoms with Crippen LogP contribution in [0.2, 0.25) is 0 Å². The van der Waals surface area contributed by atoms with Crippen LogP contribution in [0.25, 0.3) is 10.9 Å². The first-order valence-corrected chi connectivity index (χ1v) is 9.65. The quantitative estimate of drug-likeness (QED) is 0.715. The normalized spacial score (nSPS) is 14.8. The van der Waals surface area contributed by atoms with E-state index in [0.717, 1.165) is 21.3 Å². The predicted octanol–water partition coefficient (Wildman–Crippen LogP) is 2.77. The molecule has 3 aromatic rings. The number of para-hydroxylation sites is 1. The minimum Gasteiger partial charge on any atom is -0.350 e. The van der Waals surface area contributed by atoms with Crippen molar-refractivity contribution in [3.05, 3.63) is 58.4 Å². The van der Waals surface area contributed by atoms with Crippen LogP contribution in [-0.2, 0) is 18.3 Å². The number of amides is 2. The van der Waals surface area contributed by atoms with Gasteiger partial charge in [0.1, 0.15) is 0 Å². The highest BCUT2D eigenvalue weighted by molar-refractivity contribution is 7.12. The Hall–Kier alpha value is -2.60. The second-order valence-corrected chi connectivity index (χ2v) is 7.56. The van der Waals surface area contributed by atoms with Crippen LogP contribution >= 0.6 is 11.3 Å². The Kier molecular flexibility index (Phi) is 4.51. The molecule has 0 atom stereocenters. The van der Waals surface area contributed by atoms with Crippen LogP contribution in [0, 0.1) is 0 Å². The van der Waals surface area contributed by atoms with Gasteiger partial charge in [0, 0.05) is 50.3 Å². The molecular weight excluding hydrogens is 346 g/mol. The summed E-state index contributed by atoms with van der Waals surface area (Å²) in [5.41, 5.74) is 2.20. The van der Waals surface area contributed by atoms with Crippen molar-refractivity contribution in [3.63, 3.8) is 0 Å². The van der Waals surface area contributed by atoms with E-state index in [2.05, 4.69) is 16.7 Å². The van der Waals surface area contributed by atoms with Gasteiger partial charge in [0.25, 0.3) is 5.91 Å². The molecular formula is C20H21N3O2S. The standard InChI is InChI=1S/C20H21N3O2S/c1-21-14-15(16-5-2-3-6-17(16)21)13-19(24)22-8-10-23(11-9-22)20(25)18-7-4-12-26-18/h2-7,12,14H,8-11,13H2,1H3. The van der Waals surface area contributed by atoms with E-state index in [9.17, 15) is 9.59 Å². The van der Waals surface area contributed by atoms with Crippen LogP contribution in [0.4, 0.5) is 0 Å². The first-order chi connectivity index (χ1) is 12.6. The Bertz CT molecular complexity index is 937. The zero-order chi connectivity index (χ0) is 18.1. The molecule has 0 aliphatic carbocycles. The molecule has 4 rings (SSSR count). The molecule has 0 bridgehead atoms. The van der Waals surface area contributed by atoms with Crippen molar-refractivity contribution in [1.82, 2.24) is 14.4 Å². The number of aromatic nitrogens is 1. The Morgan fingerprint density at radius 2 is 1.73 bits per heavy atom. The summed E-state index contributed by atoms with van der Waals surface area (Å²) >= 11 is 1.46. The van der Waals surface area contributed by atoms with Crippen molar-refractivity contribution in [3.8, 4) is 0 Å². The van der Waals surface area contributed by atoms with E-state index in [1.165, 1.54) is 11.3 Å². The molecule has 0 unspecified atom stereocenters. The summed E-state index contributed by atoms with van der Waals surface area (Å²) in [7, 11) is 2.01. The average Bonchev–Trinajstić information content (AvgIpc) is 3.31. The summed E-state index contributed by atoms with van der Waals surface area (Å²) in [6.45, 7) is 2.39. The Morgan fingerprint density at radius 1 is 1.00 bits per heavy atom. The average molecular weight is 367 g/mol. The molecule has 1 aliphatic heterocycles. The van der Waals surface area contributed by atoms with Crippen molar-refractivity contribution in [1.29, 1.82) is 0 Å². The molecule has 0 spiro atoms. The molecule has 1 fully saturated rings. The molecule has 1 aromatic carbocycles. The van der Waals surface area contributed by atoms with E-state index < -0.39 is 0 Å². The van der Waals surface area contributed by atoms with Gasteiger partial charge in [-0.2, -0.15) is 0 Å². The number of carbonyl (C=O) groups is 2. The predicted molar refractivity (Wildman–Crippen MR) is 103 cm³/mol. The van der Waals surface area contributed by atoms with Gasteiger partial charge in [-0.15, -0.1) is 11.3 Å². The molecule has 5 nitrogen and oxygen atoms in total. The van der Waals surface area contributed by atoms with E-state index in [-0.39, 0.29) is 11.8 Å². The van der Waals surface area contributed by atoms with Gasteiger partial charge in [0.2, 0.25) is 5.91 Å². The lowest BCUT2D eigenvalue weighted by Gasteiger charge is -2.34. The highest BCUT2D eigenvalue weighted by Crippen LogP contribution is 2.21. The van der Waals surface area contributed by atoms with Crippen molar-refractivity contribution >= 4 is 34.1 Å². The summed E-state index contributed by atoms with van der Waals surface area (Å²) in [6, 6.07) is 11.9. The molecule has 3 heterocycles. The SMILES string of the molecule is Cn1cc(CC(=O)N2CCN(C(=O)c3cccs3)CC2)c2ccccc21. The van der Waals surface area contributed by atoms with Gasteiger partial charge in [-0.1, -0.05) is 24.3 Å².